The van der Waals surface area contributed by atoms with Gasteiger partial charge in [0.1, 0.15) is 46.6 Å². The number of carbonyl (C=O) groups is 1. The van der Waals surface area contributed by atoms with Gasteiger partial charge < -0.3 is 24.4 Å². The number of phenolic OH excluding ortho intramolecular Hbond substituents is 1. The summed E-state index contributed by atoms with van der Waals surface area (Å²) in [6, 6.07) is 7.73. The van der Waals surface area contributed by atoms with Crippen LogP contribution in [0.4, 0.5) is 23.8 Å². The van der Waals surface area contributed by atoms with Gasteiger partial charge in [0.15, 0.2) is 11.6 Å². The van der Waals surface area contributed by atoms with Crippen molar-refractivity contribution in [1.29, 1.82) is 0 Å². The minimum Gasteiger partial charge on any atom is -0.507 e. The smallest absolute Gasteiger partial charge is 0.410 e. The molecule has 1 aliphatic heterocycles. The van der Waals surface area contributed by atoms with Crippen molar-refractivity contribution in [3.05, 3.63) is 76.6 Å². The average Bonchev–Trinajstić information content (AvgIpc) is 2.95. The van der Waals surface area contributed by atoms with Crippen molar-refractivity contribution in [2.24, 2.45) is 0 Å². The topological polar surface area (TPSA) is 101 Å². The summed E-state index contributed by atoms with van der Waals surface area (Å²) in [4.78, 5) is 28.9. The summed E-state index contributed by atoms with van der Waals surface area (Å²) in [6.07, 6.45) is 0.987. The number of ether oxygens (including phenoxy) is 2. The highest BCUT2D eigenvalue weighted by atomic mass is 35.5. The lowest BCUT2D eigenvalue weighted by Gasteiger charge is -2.36. The maximum Gasteiger partial charge on any atom is 0.410 e. The van der Waals surface area contributed by atoms with E-state index < -0.39 is 40.5 Å². The molecule has 0 bridgehead atoms. The van der Waals surface area contributed by atoms with E-state index in [-0.39, 0.29) is 46.2 Å². The molecule has 43 heavy (non-hydrogen) atoms. The van der Waals surface area contributed by atoms with Gasteiger partial charge >= 0.3 is 6.09 Å². The van der Waals surface area contributed by atoms with Crippen molar-refractivity contribution in [2.75, 3.05) is 31.1 Å². The van der Waals surface area contributed by atoms with Crippen LogP contribution in [0.1, 0.15) is 32.3 Å². The van der Waals surface area contributed by atoms with Crippen molar-refractivity contribution in [1.82, 2.24) is 19.9 Å². The lowest BCUT2D eigenvalue weighted by molar-refractivity contribution is 0.0240. The molecular weight excluding hydrogens is 587 g/mol. The minimum absolute atomic E-state index is 0.0679. The fourth-order valence-corrected chi connectivity index (χ4v) is 5.00. The van der Waals surface area contributed by atoms with E-state index in [1.54, 1.807) is 25.7 Å². The monoisotopic (exact) mass is 615 g/mol. The van der Waals surface area contributed by atoms with Gasteiger partial charge in [-0.15, -0.1) is 0 Å². The van der Waals surface area contributed by atoms with Gasteiger partial charge in [0, 0.05) is 43.3 Å². The van der Waals surface area contributed by atoms with E-state index in [9.17, 15) is 18.7 Å². The maximum atomic E-state index is 16.2. The minimum atomic E-state index is -0.962. The summed E-state index contributed by atoms with van der Waals surface area (Å²) >= 11 is 6.50. The zero-order valence-electron chi connectivity index (χ0n) is 23.7. The first-order valence-corrected chi connectivity index (χ1v) is 13.9. The zero-order chi connectivity index (χ0) is 30.9. The number of hydrogen-bond donors (Lipinski definition) is 1. The Hall–Kier alpha value is -4.16. The molecule has 1 fully saturated rings. The second-order valence-electron chi connectivity index (χ2n) is 10.9. The van der Waals surface area contributed by atoms with Crippen molar-refractivity contribution in [2.45, 2.75) is 39.6 Å². The standard InChI is InChI=1S/C30H29ClF3N5O4/c1-30(2,3)43-29(41)39-12-10-38(11-13-39)28-17-14-18(31)24(25-20(33)6-4-8-22(25)40)26(34)27(17)36-23(37-28)16-42-15-21-19(32)7-5-9-35-21/h4-9,14,40H,10-13,15-16H2,1-3H3. The molecule has 9 nitrogen and oxygen atoms in total. The Morgan fingerprint density at radius 2 is 1.72 bits per heavy atom. The Morgan fingerprint density at radius 1 is 1.00 bits per heavy atom. The molecule has 0 aliphatic carbocycles. The number of piperazine rings is 1. The van der Waals surface area contributed by atoms with E-state index in [0.29, 0.717) is 32.0 Å². The summed E-state index contributed by atoms with van der Waals surface area (Å²) in [5.41, 5.74) is -1.50. The lowest BCUT2D eigenvalue weighted by atomic mass is 10.0. The Kier molecular flexibility index (Phi) is 8.61. The van der Waals surface area contributed by atoms with Crippen molar-refractivity contribution < 1.29 is 32.5 Å². The molecule has 0 unspecified atom stereocenters. The Labute approximate surface area is 250 Å². The number of benzene rings is 2. The fourth-order valence-electron chi connectivity index (χ4n) is 4.71. The number of amides is 1. The van der Waals surface area contributed by atoms with Crippen LogP contribution in [0.25, 0.3) is 22.0 Å². The molecule has 226 valence electrons. The highest BCUT2D eigenvalue weighted by Crippen LogP contribution is 2.42. The molecule has 2 aromatic carbocycles. The van der Waals surface area contributed by atoms with Gasteiger partial charge in [0.2, 0.25) is 0 Å². The van der Waals surface area contributed by atoms with Crippen LogP contribution >= 0.6 is 11.6 Å². The van der Waals surface area contributed by atoms with Gasteiger partial charge in [-0.3, -0.25) is 4.98 Å². The van der Waals surface area contributed by atoms with Crippen molar-refractivity contribution in [3.8, 4) is 16.9 Å². The molecular formula is C30H29ClF3N5O4. The van der Waals surface area contributed by atoms with E-state index >= 15 is 4.39 Å². The predicted molar refractivity (Wildman–Crippen MR) is 154 cm³/mol. The largest absolute Gasteiger partial charge is 0.507 e. The lowest BCUT2D eigenvalue weighted by Crippen LogP contribution is -2.50. The van der Waals surface area contributed by atoms with Crippen LogP contribution in [-0.4, -0.2) is 62.8 Å². The van der Waals surface area contributed by atoms with Gasteiger partial charge in [0.05, 0.1) is 17.2 Å². The maximum absolute atomic E-state index is 16.2. The number of nitrogens with zero attached hydrogens (tertiary/aromatic N) is 5. The number of aromatic nitrogens is 3. The first-order chi connectivity index (χ1) is 20.4. The third kappa shape index (κ3) is 6.60. The third-order valence-corrected chi connectivity index (χ3v) is 6.98. The number of aromatic hydroxyl groups is 1. The highest BCUT2D eigenvalue weighted by Gasteiger charge is 2.29. The van der Waals surface area contributed by atoms with Gasteiger partial charge in [-0.05, 0) is 51.1 Å². The van der Waals surface area contributed by atoms with Crippen LogP contribution in [0.15, 0.2) is 42.6 Å². The van der Waals surface area contributed by atoms with Crippen LogP contribution in [0.3, 0.4) is 0 Å². The van der Waals surface area contributed by atoms with Gasteiger partial charge in [-0.25, -0.2) is 27.9 Å². The summed E-state index contributed by atoms with van der Waals surface area (Å²) in [5.74, 6) is -2.47. The number of phenols is 1. The zero-order valence-corrected chi connectivity index (χ0v) is 24.5. The molecule has 1 aliphatic rings. The molecule has 0 saturated carbocycles. The van der Waals surface area contributed by atoms with E-state index in [2.05, 4.69) is 15.0 Å². The van der Waals surface area contributed by atoms with Crippen LogP contribution in [0, 0.1) is 17.5 Å². The van der Waals surface area contributed by atoms with Gasteiger partial charge in [0.25, 0.3) is 0 Å². The van der Waals surface area contributed by atoms with E-state index in [1.807, 2.05) is 4.90 Å². The molecule has 1 saturated heterocycles. The summed E-state index contributed by atoms with van der Waals surface area (Å²) < 4.78 is 56.2. The average molecular weight is 616 g/mol. The SMILES string of the molecule is CC(C)(C)OC(=O)N1CCN(c2nc(COCc3ncccc3F)nc3c(F)c(-c4c(O)cccc4F)c(Cl)cc23)CC1. The molecule has 13 heteroatoms. The number of pyridine rings is 1. The van der Waals surface area contributed by atoms with Crippen molar-refractivity contribution >= 4 is 34.4 Å². The Bertz CT molecular complexity index is 1660. The molecule has 0 spiro atoms. The second-order valence-corrected chi connectivity index (χ2v) is 11.3. The van der Waals surface area contributed by atoms with Crippen LogP contribution < -0.4 is 4.90 Å². The van der Waals surface area contributed by atoms with E-state index in [1.165, 1.54) is 36.5 Å². The van der Waals surface area contributed by atoms with Crippen molar-refractivity contribution in [3.63, 3.8) is 0 Å². The summed E-state index contributed by atoms with van der Waals surface area (Å²) in [6.45, 7) is 6.23. The number of fused-ring (bicyclic) bond motifs is 1. The number of halogens is 4. The van der Waals surface area contributed by atoms with Crippen LogP contribution in [0.2, 0.25) is 5.02 Å². The highest BCUT2D eigenvalue weighted by molar-refractivity contribution is 6.34. The molecule has 2 aromatic heterocycles. The molecule has 1 N–H and O–H groups in total. The summed E-state index contributed by atoms with van der Waals surface area (Å²) in [5, 5.41) is 10.4. The molecule has 1 amide bonds. The Morgan fingerprint density at radius 3 is 2.40 bits per heavy atom. The normalized spacial score (nSPS) is 13.9. The predicted octanol–water partition coefficient (Wildman–Crippen LogP) is 6.24. The second kappa shape index (κ2) is 12.2. The third-order valence-electron chi connectivity index (χ3n) is 6.69. The molecule has 0 atom stereocenters. The quantitative estimate of drug-likeness (QED) is 0.272. The number of hydrogen-bond acceptors (Lipinski definition) is 8. The number of rotatable bonds is 6. The van der Waals surface area contributed by atoms with Crippen LogP contribution in [0.5, 0.6) is 5.75 Å². The van der Waals surface area contributed by atoms with Gasteiger partial charge in [-0.2, -0.15) is 0 Å². The first-order valence-electron chi connectivity index (χ1n) is 13.5. The molecule has 3 heterocycles. The molecule has 0 radical (unpaired) electrons. The summed E-state index contributed by atoms with van der Waals surface area (Å²) in [7, 11) is 0. The Balaban J connectivity index is 1.52. The fraction of sp³-hybridized carbons (Fsp3) is 0.333. The van der Waals surface area contributed by atoms with E-state index in [0.717, 1.165) is 6.07 Å². The van der Waals surface area contributed by atoms with Gasteiger partial charge in [-0.1, -0.05) is 17.7 Å². The van der Waals surface area contributed by atoms with E-state index in [4.69, 9.17) is 21.1 Å². The number of carbonyl (C=O) groups excluding carboxylic acids is 1. The molecule has 4 aromatic rings. The molecule has 5 rings (SSSR count). The van der Waals surface area contributed by atoms with Crippen LogP contribution in [-0.2, 0) is 22.7 Å². The first kappa shape index (κ1) is 30.3. The number of anilines is 1.